The number of carbonyl (C=O) groups is 1. The van der Waals surface area contributed by atoms with Gasteiger partial charge in [-0.15, -0.1) is 0 Å². The van der Waals surface area contributed by atoms with Crippen molar-refractivity contribution in [1.82, 2.24) is 4.90 Å². The lowest BCUT2D eigenvalue weighted by molar-refractivity contribution is 0.0665. The first kappa shape index (κ1) is 11.0. The summed E-state index contributed by atoms with van der Waals surface area (Å²) in [5, 5.41) is 0. The summed E-state index contributed by atoms with van der Waals surface area (Å²) in [5.41, 5.74) is 5.46. The van der Waals surface area contributed by atoms with Gasteiger partial charge in [-0.2, -0.15) is 0 Å². The molecule has 16 heavy (non-hydrogen) atoms. The SMILES string of the molecule is CN(C(=O)c1ccc(N)o1)C1CCCCC1. The molecule has 0 bridgehead atoms. The average Bonchev–Trinajstić information content (AvgIpc) is 2.75. The number of furan rings is 1. The van der Waals surface area contributed by atoms with Crippen LogP contribution in [0.3, 0.4) is 0 Å². The topological polar surface area (TPSA) is 59.5 Å². The standard InChI is InChI=1S/C12H18N2O2/c1-14(9-5-3-2-4-6-9)12(15)10-7-8-11(13)16-10/h7-9H,2-6,13H2,1H3. The van der Waals surface area contributed by atoms with E-state index in [9.17, 15) is 4.79 Å². The van der Waals surface area contributed by atoms with Gasteiger partial charge in [0.25, 0.3) is 5.91 Å². The highest BCUT2D eigenvalue weighted by Crippen LogP contribution is 2.23. The summed E-state index contributed by atoms with van der Waals surface area (Å²) in [6, 6.07) is 3.60. The monoisotopic (exact) mass is 222 g/mol. The van der Waals surface area contributed by atoms with Crippen molar-refractivity contribution < 1.29 is 9.21 Å². The number of nitrogens with two attached hydrogens (primary N) is 1. The van der Waals surface area contributed by atoms with Gasteiger partial charge in [0, 0.05) is 19.2 Å². The quantitative estimate of drug-likeness (QED) is 0.835. The second-order valence-electron chi connectivity index (χ2n) is 4.41. The van der Waals surface area contributed by atoms with Gasteiger partial charge in [0.15, 0.2) is 11.6 Å². The molecule has 0 spiro atoms. The van der Waals surface area contributed by atoms with Crippen molar-refractivity contribution in [2.24, 2.45) is 0 Å². The highest BCUT2D eigenvalue weighted by Gasteiger charge is 2.24. The van der Waals surface area contributed by atoms with Crippen molar-refractivity contribution in [3.8, 4) is 0 Å². The Morgan fingerprint density at radius 1 is 1.38 bits per heavy atom. The molecule has 1 amide bonds. The van der Waals surface area contributed by atoms with Crippen LogP contribution in [-0.4, -0.2) is 23.9 Å². The Hall–Kier alpha value is -1.45. The zero-order valence-electron chi connectivity index (χ0n) is 9.61. The van der Waals surface area contributed by atoms with E-state index in [4.69, 9.17) is 10.2 Å². The van der Waals surface area contributed by atoms with Crippen LogP contribution in [0, 0.1) is 0 Å². The van der Waals surface area contributed by atoms with Gasteiger partial charge in [-0.25, -0.2) is 0 Å². The fourth-order valence-corrected chi connectivity index (χ4v) is 2.28. The number of nitrogen functional groups attached to an aromatic ring is 1. The Balaban J connectivity index is 2.03. The molecule has 88 valence electrons. The van der Waals surface area contributed by atoms with Crippen LogP contribution in [0.25, 0.3) is 0 Å². The largest absolute Gasteiger partial charge is 0.436 e. The summed E-state index contributed by atoms with van der Waals surface area (Å²) >= 11 is 0. The smallest absolute Gasteiger partial charge is 0.289 e. The Kier molecular flexibility index (Phi) is 3.17. The van der Waals surface area contributed by atoms with Crippen LogP contribution in [0.15, 0.2) is 16.5 Å². The van der Waals surface area contributed by atoms with E-state index in [1.807, 2.05) is 7.05 Å². The van der Waals surface area contributed by atoms with Gasteiger partial charge in [-0.05, 0) is 18.9 Å². The maximum atomic E-state index is 12.0. The van der Waals surface area contributed by atoms with Crippen molar-refractivity contribution in [3.63, 3.8) is 0 Å². The van der Waals surface area contributed by atoms with Crippen LogP contribution in [0.4, 0.5) is 5.88 Å². The van der Waals surface area contributed by atoms with E-state index in [1.54, 1.807) is 17.0 Å². The van der Waals surface area contributed by atoms with Crippen molar-refractivity contribution in [2.75, 3.05) is 12.8 Å². The highest BCUT2D eigenvalue weighted by atomic mass is 16.4. The first-order chi connectivity index (χ1) is 7.68. The van der Waals surface area contributed by atoms with Gasteiger partial charge in [0.1, 0.15) is 0 Å². The van der Waals surface area contributed by atoms with Crippen molar-refractivity contribution in [2.45, 2.75) is 38.1 Å². The zero-order chi connectivity index (χ0) is 11.5. The van der Waals surface area contributed by atoms with E-state index in [2.05, 4.69) is 0 Å². The maximum Gasteiger partial charge on any atom is 0.289 e. The first-order valence-corrected chi connectivity index (χ1v) is 5.81. The number of hydrogen-bond donors (Lipinski definition) is 1. The van der Waals surface area contributed by atoms with Crippen molar-refractivity contribution >= 4 is 11.8 Å². The molecule has 0 atom stereocenters. The summed E-state index contributed by atoms with van der Waals surface area (Å²) in [5.74, 6) is 0.564. The van der Waals surface area contributed by atoms with Crippen LogP contribution in [0.5, 0.6) is 0 Å². The van der Waals surface area contributed by atoms with Crippen molar-refractivity contribution in [3.05, 3.63) is 17.9 Å². The molecule has 1 fully saturated rings. The molecule has 1 heterocycles. The van der Waals surface area contributed by atoms with E-state index < -0.39 is 0 Å². The van der Waals surface area contributed by atoms with E-state index in [0.717, 1.165) is 12.8 Å². The molecule has 0 aromatic carbocycles. The van der Waals surface area contributed by atoms with Gasteiger partial charge >= 0.3 is 0 Å². The fraction of sp³-hybridized carbons (Fsp3) is 0.583. The number of carbonyl (C=O) groups excluding carboxylic acids is 1. The van der Waals surface area contributed by atoms with Gasteiger partial charge in [0.2, 0.25) is 0 Å². The zero-order valence-corrected chi connectivity index (χ0v) is 9.61. The molecule has 2 N–H and O–H groups in total. The predicted octanol–water partition coefficient (Wildman–Crippen LogP) is 2.27. The molecule has 1 aliphatic rings. The molecular weight excluding hydrogens is 204 g/mol. The molecule has 2 rings (SSSR count). The summed E-state index contributed by atoms with van der Waals surface area (Å²) in [4.78, 5) is 13.8. The highest BCUT2D eigenvalue weighted by molar-refractivity contribution is 5.91. The molecule has 4 nitrogen and oxygen atoms in total. The number of rotatable bonds is 2. The molecule has 4 heteroatoms. The third-order valence-electron chi connectivity index (χ3n) is 3.28. The fourth-order valence-electron chi connectivity index (χ4n) is 2.28. The number of nitrogens with zero attached hydrogens (tertiary/aromatic N) is 1. The minimum absolute atomic E-state index is 0.0661. The van der Waals surface area contributed by atoms with Crippen LogP contribution in [-0.2, 0) is 0 Å². The first-order valence-electron chi connectivity index (χ1n) is 5.81. The Bertz CT molecular complexity index is 367. The molecule has 0 saturated heterocycles. The molecular formula is C12H18N2O2. The molecule has 0 unspecified atom stereocenters. The van der Waals surface area contributed by atoms with Gasteiger partial charge in [0.05, 0.1) is 0 Å². The summed E-state index contributed by atoms with van der Waals surface area (Å²) in [7, 11) is 1.84. The molecule has 0 radical (unpaired) electrons. The van der Waals surface area contributed by atoms with E-state index >= 15 is 0 Å². The van der Waals surface area contributed by atoms with Crippen molar-refractivity contribution in [1.29, 1.82) is 0 Å². The summed E-state index contributed by atoms with van der Waals surface area (Å²) < 4.78 is 5.14. The van der Waals surface area contributed by atoms with Crippen LogP contribution in [0.2, 0.25) is 0 Å². The second kappa shape index (κ2) is 4.60. The number of amides is 1. The molecule has 1 saturated carbocycles. The minimum atomic E-state index is -0.0661. The average molecular weight is 222 g/mol. The lowest BCUT2D eigenvalue weighted by atomic mass is 9.94. The summed E-state index contributed by atoms with van der Waals surface area (Å²) in [6.45, 7) is 0. The van der Waals surface area contributed by atoms with E-state index in [-0.39, 0.29) is 5.91 Å². The van der Waals surface area contributed by atoms with Gasteiger partial charge in [-0.1, -0.05) is 19.3 Å². The third kappa shape index (κ3) is 2.21. The molecule has 0 aliphatic heterocycles. The van der Waals surface area contributed by atoms with Crippen LogP contribution < -0.4 is 5.73 Å². The number of hydrogen-bond acceptors (Lipinski definition) is 3. The normalized spacial score (nSPS) is 17.3. The second-order valence-corrected chi connectivity index (χ2v) is 4.41. The Morgan fingerprint density at radius 3 is 2.62 bits per heavy atom. The van der Waals surface area contributed by atoms with Crippen LogP contribution >= 0.6 is 0 Å². The Morgan fingerprint density at radius 2 is 2.06 bits per heavy atom. The minimum Gasteiger partial charge on any atom is -0.436 e. The lowest BCUT2D eigenvalue weighted by Crippen LogP contribution is -2.38. The summed E-state index contributed by atoms with van der Waals surface area (Å²) in [6.07, 6.45) is 5.90. The molecule has 1 aliphatic carbocycles. The van der Waals surface area contributed by atoms with E-state index in [1.165, 1.54) is 19.3 Å². The molecule has 1 aromatic rings. The van der Waals surface area contributed by atoms with E-state index in [0.29, 0.717) is 17.7 Å². The van der Waals surface area contributed by atoms with Gasteiger partial charge < -0.3 is 15.1 Å². The van der Waals surface area contributed by atoms with Gasteiger partial charge in [-0.3, -0.25) is 4.79 Å². The third-order valence-corrected chi connectivity index (χ3v) is 3.28. The number of anilines is 1. The predicted molar refractivity (Wildman–Crippen MR) is 62.1 cm³/mol. The lowest BCUT2D eigenvalue weighted by Gasteiger charge is -2.30. The maximum absolute atomic E-state index is 12.0. The molecule has 1 aromatic heterocycles. The Labute approximate surface area is 95.4 Å². The van der Waals surface area contributed by atoms with Crippen LogP contribution in [0.1, 0.15) is 42.7 Å².